The molecule has 56 valence electrons. The van der Waals surface area contributed by atoms with E-state index in [1.54, 1.807) is 6.20 Å². The van der Waals surface area contributed by atoms with Crippen molar-refractivity contribution in [2.45, 2.75) is 0 Å². The number of halogens is 1. The lowest BCUT2D eigenvalue weighted by atomic mass is 10.6. The molecule has 2 aromatic heterocycles. The third-order valence-electron chi connectivity index (χ3n) is 0.972. The summed E-state index contributed by atoms with van der Waals surface area (Å²) in [6, 6.07) is 0. The SMILES string of the molecule is Clc1nnc(-c2cnns2)s1. The molecule has 2 heterocycles. The molecule has 7 heteroatoms. The molecule has 2 aromatic rings. The molecule has 0 amide bonds. The Kier molecular flexibility index (Phi) is 1.80. The van der Waals surface area contributed by atoms with Crippen LogP contribution in [0.5, 0.6) is 0 Å². The van der Waals surface area contributed by atoms with E-state index in [0.29, 0.717) is 4.47 Å². The monoisotopic (exact) mass is 204 g/mol. The second-order valence-electron chi connectivity index (χ2n) is 1.64. The molecule has 0 atom stereocenters. The molecule has 0 fully saturated rings. The molecule has 0 aliphatic carbocycles. The predicted octanol–water partition coefficient (Wildman–Crippen LogP) is 1.71. The van der Waals surface area contributed by atoms with E-state index in [0.717, 1.165) is 9.88 Å². The summed E-state index contributed by atoms with van der Waals surface area (Å²) < 4.78 is 4.13. The average molecular weight is 205 g/mol. The quantitative estimate of drug-likeness (QED) is 0.710. The molecular weight excluding hydrogens is 204 g/mol. The molecule has 11 heavy (non-hydrogen) atoms. The van der Waals surface area contributed by atoms with Gasteiger partial charge in [-0.3, -0.25) is 0 Å². The summed E-state index contributed by atoms with van der Waals surface area (Å²) in [4.78, 5) is 0.898. The first kappa shape index (κ1) is 7.08. The van der Waals surface area contributed by atoms with Gasteiger partial charge in [-0.2, -0.15) is 0 Å². The van der Waals surface area contributed by atoms with E-state index in [-0.39, 0.29) is 0 Å². The van der Waals surface area contributed by atoms with Gasteiger partial charge in [-0.15, -0.1) is 15.3 Å². The van der Waals surface area contributed by atoms with Gasteiger partial charge >= 0.3 is 0 Å². The largest absolute Gasteiger partial charge is 0.207 e. The van der Waals surface area contributed by atoms with Gasteiger partial charge in [0.1, 0.15) is 4.88 Å². The summed E-state index contributed by atoms with van der Waals surface area (Å²) in [6.07, 6.45) is 1.64. The maximum Gasteiger partial charge on any atom is 0.207 e. The number of nitrogens with zero attached hydrogens (tertiary/aromatic N) is 4. The Labute approximate surface area is 75.0 Å². The molecule has 0 unspecified atom stereocenters. The maximum atomic E-state index is 5.59. The summed E-state index contributed by atoms with van der Waals surface area (Å²) in [6.45, 7) is 0. The first-order valence-corrected chi connectivity index (χ1v) is 4.60. The predicted molar refractivity (Wildman–Crippen MR) is 43.8 cm³/mol. The topological polar surface area (TPSA) is 51.6 Å². The molecule has 4 nitrogen and oxygen atoms in total. The van der Waals surface area contributed by atoms with Crippen molar-refractivity contribution in [3.63, 3.8) is 0 Å². The fraction of sp³-hybridized carbons (Fsp3) is 0. The van der Waals surface area contributed by atoms with Crippen molar-refractivity contribution in [2.24, 2.45) is 0 Å². The van der Waals surface area contributed by atoms with Crippen LogP contribution < -0.4 is 0 Å². The Bertz CT molecular complexity index is 343. The second-order valence-corrected chi connectivity index (χ2v) is 3.99. The van der Waals surface area contributed by atoms with Crippen molar-refractivity contribution >= 4 is 34.5 Å². The van der Waals surface area contributed by atoms with Gasteiger partial charge in [0.2, 0.25) is 4.47 Å². The number of rotatable bonds is 1. The second kappa shape index (κ2) is 2.80. The Morgan fingerprint density at radius 2 is 2.27 bits per heavy atom. The molecule has 0 aliphatic heterocycles. The highest BCUT2D eigenvalue weighted by Crippen LogP contribution is 2.27. The van der Waals surface area contributed by atoms with Gasteiger partial charge in [0.25, 0.3) is 0 Å². The summed E-state index contributed by atoms with van der Waals surface area (Å²) in [5, 5.41) is 11.9. The minimum atomic E-state index is 0.438. The molecular formula is C4HClN4S2. The normalized spacial score (nSPS) is 10.3. The van der Waals surface area contributed by atoms with E-state index < -0.39 is 0 Å². The van der Waals surface area contributed by atoms with Crippen LogP contribution in [0.2, 0.25) is 4.47 Å². The number of hydrogen-bond acceptors (Lipinski definition) is 6. The van der Waals surface area contributed by atoms with Crippen LogP contribution in [0.25, 0.3) is 9.88 Å². The Balaban J connectivity index is 2.45. The Morgan fingerprint density at radius 1 is 1.36 bits per heavy atom. The maximum absolute atomic E-state index is 5.59. The average Bonchev–Trinajstić information content (AvgIpc) is 2.55. The highest BCUT2D eigenvalue weighted by atomic mass is 35.5. The van der Waals surface area contributed by atoms with Crippen LogP contribution in [0.1, 0.15) is 0 Å². The smallest absolute Gasteiger partial charge is 0.146 e. The zero-order valence-electron chi connectivity index (χ0n) is 5.06. The van der Waals surface area contributed by atoms with Crippen molar-refractivity contribution in [1.82, 2.24) is 19.8 Å². The van der Waals surface area contributed by atoms with E-state index >= 15 is 0 Å². The van der Waals surface area contributed by atoms with Crippen LogP contribution in [0.15, 0.2) is 6.20 Å². The van der Waals surface area contributed by atoms with E-state index in [1.165, 1.54) is 22.9 Å². The van der Waals surface area contributed by atoms with Gasteiger partial charge in [0.05, 0.1) is 6.20 Å². The van der Waals surface area contributed by atoms with Gasteiger partial charge in [0, 0.05) is 0 Å². The molecule has 2 rings (SSSR count). The molecule has 0 aromatic carbocycles. The minimum absolute atomic E-state index is 0.438. The highest BCUT2D eigenvalue weighted by molar-refractivity contribution is 7.21. The zero-order valence-corrected chi connectivity index (χ0v) is 7.45. The lowest BCUT2D eigenvalue weighted by molar-refractivity contribution is 1.10. The van der Waals surface area contributed by atoms with Crippen LogP contribution in [0.3, 0.4) is 0 Å². The van der Waals surface area contributed by atoms with Crippen LogP contribution in [0.4, 0.5) is 0 Å². The molecule has 0 saturated carbocycles. The van der Waals surface area contributed by atoms with E-state index in [4.69, 9.17) is 11.6 Å². The van der Waals surface area contributed by atoms with Crippen LogP contribution in [0, 0.1) is 0 Å². The Morgan fingerprint density at radius 3 is 2.82 bits per heavy atom. The number of hydrogen-bond donors (Lipinski definition) is 0. The Hall–Kier alpha value is -0.590. The first-order chi connectivity index (χ1) is 5.36. The molecule has 0 saturated heterocycles. The van der Waals surface area contributed by atoms with Crippen molar-refractivity contribution in [3.05, 3.63) is 10.7 Å². The van der Waals surface area contributed by atoms with Crippen LogP contribution >= 0.6 is 34.5 Å². The highest BCUT2D eigenvalue weighted by Gasteiger charge is 2.06. The van der Waals surface area contributed by atoms with Crippen molar-refractivity contribution in [2.75, 3.05) is 0 Å². The number of aromatic nitrogens is 4. The summed E-state index contributed by atoms with van der Waals surface area (Å²) in [5.74, 6) is 0. The molecule has 0 N–H and O–H groups in total. The van der Waals surface area contributed by atoms with Crippen molar-refractivity contribution in [3.8, 4) is 9.88 Å². The van der Waals surface area contributed by atoms with E-state index in [2.05, 4.69) is 19.8 Å². The lowest BCUT2D eigenvalue weighted by Gasteiger charge is -1.78. The van der Waals surface area contributed by atoms with Crippen LogP contribution in [-0.2, 0) is 0 Å². The zero-order chi connectivity index (χ0) is 7.68. The minimum Gasteiger partial charge on any atom is -0.146 e. The summed E-state index contributed by atoms with van der Waals surface area (Å²) in [7, 11) is 0. The fourth-order valence-corrected chi connectivity index (χ4v) is 1.93. The molecule has 0 radical (unpaired) electrons. The van der Waals surface area contributed by atoms with E-state index in [1.807, 2.05) is 0 Å². The van der Waals surface area contributed by atoms with Crippen molar-refractivity contribution < 1.29 is 0 Å². The lowest BCUT2D eigenvalue weighted by Crippen LogP contribution is -1.69. The van der Waals surface area contributed by atoms with Crippen molar-refractivity contribution in [1.29, 1.82) is 0 Å². The van der Waals surface area contributed by atoms with Gasteiger partial charge in [-0.1, -0.05) is 15.8 Å². The van der Waals surface area contributed by atoms with E-state index in [9.17, 15) is 0 Å². The van der Waals surface area contributed by atoms with Gasteiger partial charge in [-0.25, -0.2) is 0 Å². The summed E-state index contributed by atoms with van der Waals surface area (Å²) >= 11 is 8.18. The van der Waals surface area contributed by atoms with Gasteiger partial charge in [0.15, 0.2) is 5.01 Å². The third-order valence-corrected chi connectivity index (χ3v) is 2.83. The molecule has 0 bridgehead atoms. The summed E-state index contributed by atoms with van der Waals surface area (Å²) in [5.41, 5.74) is 0. The third kappa shape index (κ3) is 1.37. The first-order valence-electron chi connectivity index (χ1n) is 2.63. The van der Waals surface area contributed by atoms with Gasteiger partial charge in [-0.05, 0) is 23.1 Å². The fourth-order valence-electron chi connectivity index (χ4n) is 0.566. The molecule has 0 aliphatic rings. The standard InChI is InChI=1S/C4HClN4S2/c5-4-8-7-3(10-4)2-1-6-9-11-2/h1H. The molecule has 0 spiro atoms. The van der Waals surface area contributed by atoms with Crippen LogP contribution in [-0.4, -0.2) is 19.8 Å². The van der Waals surface area contributed by atoms with Gasteiger partial charge < -0.3 is 0 Å².